The van der Waals surface area contributed by atoms with Crippen LogP contribution in [0.4, 0.5) is 0 Å². The van der Waals surface area contributed by atoms with Crippen LogP contribution in [0.3, 0.4) is 0 Å². The molecular formula is C13H26O6P2. The summed E-state index contributed by atoms with van der Waals surface area (Å²) in [6.45, 7) is 6.84. The molecule has 0 aliphatic rings. The van der Waals surface area contributed by atoms with Gasteiger partial charge in [0.1, 0.15) is 5.75 Å². The van der Waals surface area contributed by atoms with E-state index in [1.54, 1.807) is 12.1 Å². The van der Waals surface area contributed by atoms with Crippen LogP contribution in [-0.2, 0) is 22.7 Å². The van der Waals surface area contributed by atoms with Gasteiger partial charge < -0.3 is 18.1 Å². The van der Waals surface area contributed by atoms with E-state index >= 15 is 0 Å². The molecule has 0 bridgehead atoms. The Morgan fingerprint density at radius 2 is 1.14 bits per heavy atom. The fraction of sp³-hybridized carbons (Fsp3) is 0.538. The van der Waals surface area contributed by atoms with Gasteiger partial charge in [-0.1, -0.05) is 32.0 Å². The van der Waals surface area contributed by atoms with Crippen molar-refractivity contribution in [2.45, 2.75) is 13.8 Å². The average Bonchev–Trinajstić information content (AvgIpc) is 2.50. The van der Waals surface area contributed by atoms with Gasteiger partial charge in [0.25, 0.3) is 0 Å². The van der Waals surface area contributed by atoms with Crippen LogP contribution in [0.5, 0.6) is 5.75 Å². The summed E-state index contributed by atoms with van der Waals surface area (Å²) in [6, 6.07) is 8.95. The lowest BCUT2D eigenvalue weighted by Gasteiger charge is -2.11. The van der Waals surface area contributed by atoms with Gasteiger partial charge in [0.05, 0.1) is 0 Å². The zero-order valence-electron chi connectivity index (χ0n) is 13.7. The van der Waals surface area contributed by atoms with Crippen LogP contribution in [0.15, 0.2) is 30.3 Å². The Kier molecular flexibility index (Phi) is 12.9. The van der Waals surface area contributed by atoms with Gasteiger partial charge in [-0.2, -0.15) is 0 Å². The standard InChI is InChI=1S/C8H11O3P.C3H9O3P.C2H6/c1-10-12(2,9)11-8-6-4-3-5-7-8;1-5-7(3,4)6-2;1-2/h3-7H,1-2H3;1-3H3;1-2H3. The van der Waals surface area contributed by atoms with Crippen molar-refractivity contribution in [1.29, 1.82) is 0 Å². The van der Waals surface area contributed by atoms with E-state index in [4.69, 9.17) is 4.52 Å². The summed E-state index contributed by atoms with van der Waals surface area (Å²) in [5.41, 5.74) is 0. The summed E-state index contributed by atoms with van der Waals surface area (Å²) in [5, 5.41) is 0. The third-order valence-corrected chi connectivity index (χ3v) is 4.54. The minimum absolute atomic E-state index is 0.560. The van der Waals surface area contributed by atoms with Gasteiger partial charge in [0.2, 0.25) is 0 Å². The second-order valence-corrected chi connectivity index (χ2v) is 7.86. The molecule has 8 heteroatoms. The van der Waals surface area contributed by atoms with Crippen molar-refractivity contribution < 1.29 is 27.2 Å². The molecule has 0 N–H and O–H groups in total. The molecule has 6 nitrogen and oxygen atoms in total. The molecule has 0 aliphatic heterocycles. The SMILES string of the molecule is CC.COP(C)(=O)OC.COP(C)(=O)Oc1ccccc1. The molecule has 1 unspecified atom stereocenters. The first-order valence-corrected chi connectivity index (χ1v) is 10.3. The molecule has 0 amide bonds. The van der Waals surface area contributed by atoms with Crippen LogP contribution < -0.4 is 4.52 Å². The molecule has 1 rings (SSSR count). The van der Waals surface area contributed by atoms with Crippen molar-refractivity contribution in [3.05, 3.63) is 30.3 Å². The molecule has 0 radical (unpaired) electrons. The summed E-state index contributed by atoms with van der Waals surface area (Å²) in [7, 11) is -1.48. The summed E-state index contributed by atoms with van der Waals surface area (Å²) < 4.78 is 40.4. The average molecular weight is 340 g/mol. The lowest BCUT2D eigenvalue weighted by Crippen LogP contribution is -1.92. The molecule has 0 saturated carbocycles. The van der Waals surface area contributed by atoms with Crippen LogP contribution in [0.25, 0.3) is 0 Å². The zero-order chi connectivity index (χ0) is 16.9. The Balaban J connectivity index is 0. The summed E-state index contributed by atoms with van der Waals surface area (Å²) in [5.74, 6) is 0.560. The van der Waals surface area contributed by atoms with E-state index in [0.29, 0.717) is 5.75 Å². The molecule has 0 heterocycles. The fourth-order valence-corrected chi connectivity index (χ4v) is 1.51. The summed E-state index contributed by atoms with van der Waals surface area (Å²) >= 11 is 0. The van der Waals surface area contributed by atoms with Gasteiger partial charge in [0.15, 0.2) is 0 Å². The van der Waals surface area contributed by atoms with E-state index in [1.165, 1.54) is 34.7 Å². The molecule has 0 aliphatic carbocycles. The van der Waals surface area contributed by atoms with Crippen LogP contribution in [0, 0.1) is 0 Å². The second kappa shape index (κ2) is 12.0. The molecule has 0 aromatic heterocycles. The van der Waals surface area contributed by atoms with Crippen molar-refractivity contribution in [3.8, 4) is 5.75 Å². The van der Waals surface area contributed by atoms with Gasteiger partial charge in [0, 0.05) is 34.7 Å². The number of benzene rings is 1. The van der Waals surface area contributed by atoms with Gasteiger partial charge in [-0.25, -0.2) is 4.57 Å². The fourth-order valence-electron chi connectivity index (χ4n) is 0.785. The summed E-state index contributed by atoms with van der Waals surface area (Å²) in [6.07, 6.45) is 0. The monoisotopic (exact) mass is 340 g/mol. The lowest BCUT2D eigenvalue weighted by atomic mass is 10.3. The normalized spacial score (nSPS) is 12.9. The quantitative estimate of drug-likeness (QED) is 0.726. The number of hydrogen-bond acceptors (Lipinski definition) is 6. The molecule has 0 spiro atoms. The maximum Gasteiger partial charge on any atom is 0.375 e. The number of hydrogen-bond donors (Lipinski definition) is 0. The Morgan fingerprint density at radius 3 is 1.43 bits per heavy atom. The van der Waals surface area contributed by atoms with E-state index in [0.717, 1.165) is 0 Å². The first-order chi connectivity index (χ1) is 9.76. The molecule has 0 saturated heterocycles. The molecule has 21 heavy (non-hydrogen) atoms. The molecule has 1 aromatic rings. The van der Waals surface area contributed by atoms with Crippen molar-refractivity contribution >= 4 is 15.2 Å². The maximum absolute atomic E-state index is 11.3. The van der Waals surface area contributed by atoms with E-state index < -0.39 is 15.2 Å². The Hall–Kier alpha value is -0.640. The molecule has 124 valence electrons. The third-order valence-electron chi connectivity index (χ3n) is 2.01. The highest BCUT2D eigenvalue weighted by molar-refractivity contribution is 7.53. The van der Waals surface area contributed by atoms with Crippen LogP contribution in [-0.4, -0.2) is 34.7 Å². The summed E-state index contributed by atoms with van der Waals surface area (Å²) in [4.78, 5) is 0. The first kappa shape index (κ1) is 22.6. The van der Waals surface area contributed by atoms with Crippen molar-refractivity contribution in [2.75, 3.05) is 34.7 Å². The van der Waals surface area contributed by atoms with Crippen LogP contribution >= 0.6 is 15.2 Å². The van der Waals surface area contributed by atoms with E-state index in [1.807, 2.05) is 32.0 Å². The maximum atomic E-state index is 11.3. The second-order valence-electron chi connectivity index (χ2n) is 3.49. The van der Waals surface area contributed by atoms with Crippen molar-refractivity contribution in [1.82, 2.24) is 0 Å². The number of rotatable bonds is 5. The van der Waals surface area contributed by atoms with Crippen molar-refractivity contribution in [3.63, 3.8) is 0 Å². The Labute approximate surface area is 127 Å². The number of para-hydroxylation sites is 1. The molecular weight excluding hydrogens is 314 g/mol. The lowest BCUT2D eigenvalue weighted by molar-refractivity contribution is 0.282. The van der Waals surface area contributed by atoms with E-state index in [-0.39, 0.29) is 0 Å². The van der Waals surface area contributed by atoms with Gasteiger partial charge in [-0.3, -0.25) is 4.57 Å². The van der Waals surface area contributed by atoms with Crippen LogP contribution in [0.1, 0.15) is 13.8 Å². The minimum atomic E-state index is -2.90. The molecule has 1 aromatic carbocycles. The zero-order valence-corrected chi connectivity index (χ0v) is 15.5. The Bertz CT molecular complexity index is 441. The van der Waals surface area contributed by atoms with Gasteiger partial charge in [-0.15, -0.1) is 0 Å². The first-order valence-electron chi connectivity index (χ1n) is 6.33. The molecule has 0 fully saturated rings. The highest BCUT2D eigenvalue weighted by atomic mass is 31.2. The van der Waals surface area contributed by atoms with Gasteiger partial charge in [-0.05, 0) is 12.1 Å². The minimum Gasteiger partial charge on any atom is -0.425 e. The predicted molar refractivity (Wildman–Crippen MR) is 86.5 cm³/mol. The topological polar surface area (TPSA) is 71.1 Å². The predicted octanol–water partition coefficient (Wildman–Crippen LogP) is 4.66. The van der Waals surface area contributed by atoms with Gasteiger partial charge >= 0.3 is 15.2 Å². The smallest absolute Gasteiger partial charge is 0.375 e. The highest BCUT2D eigenvalue weighted by Gasteiger charge is 2.15. The van der Waals surface area contributed by atoms with Crippen molar-refractivity contribution in [2.24, 2.45) is 0 Å². The Morgan fingerprint density at radius 1 is 0.762 bits per heavy atom. The molecule has 1 atom stereocenters. The largest absolute Gasteiger partial charge is 0.425 e. The van der Waals surface area contributed by atoms with E-state index in [2.05, 4.69) is 13.6 Å². The van der Waals surface area contributed by atoms with Crippen LogP contribution in [0.2, 0.25) is 0 Å². The highest BCUT2D eigenvalue weighted by Crippen LogP contribution is 2.43. The van der Waals surface area contributed by atoms with E-state index in [9.17, 15) is 9.13 Å². The third kappa shape index (κ3) is 12.8.